The van der Waals surface area contributed by atoms with Crippen LogP contribution in [-0.4, -0.2) is 27.9 Å². The number of hydrogen-bond acceptors (Lipinski definition) is 6. The summed E-state index contributed by atoms with van der Waals surface area (Å²) in [6, 6.07) is 12.3. The second-order valence-electron chi connectivity index (χ2n) is 7.58. The van der Waals surface area contributed by atoms with Crippen molar-refractivity contribution in [3.8, 4) is 5.82 Å². The smallest absolute Gasteiger partial charge is 0.324 e. The number of nitrogens with two attached hydrogens (primary N) is 1. The number of hydrogen-bond donors (Lipinski definition) is 2. The van der Waals surface area contributed by atoms with Gasteiger partial charge in [0.05, 0.1) is 15.9 Å². The van der Waals surface area contributed by atoms with Gasteiger partial charge in [0.15, 0.2) is 5.82 Å². The molecule has 0 amide bonds. The van der Waals surface area contributed by atoms with Gasteiger partial charge in [-0.2, -0.15) is 18.2 Å². The molecule has 3 N–H and O–H groups in total. The predicted molar refractivity (Wildman–Crippen MR) is 117 cm³/mol. The van der Waals surface area contributed by atoms with E-state index in [-0.39, 0.29) is 28.3 Å². The number of nitrogens with zero attached hydrogens (tertiary/aromatic N) is 4. The molecule has 2 aromatic carbocycles. The minimum atomic E-state index is -4.72. The van der Waals surface area contributed by atoms with Crippen molar-refractivity contribution < 1.29 is 21.6 Å². The summed E-state index contributed by atoms with van der Waals surface area (Å²) in [4.78, 5) is 12.3. The summed E-state index contributed by atoms with van der Waals surface area (Å²) >= 11 is 0. The maximum atomic E-state index is 13.9. The van der Waals surface area contributed by atoms with Gasteiger partial charge in [0.25, 0.3) is 0 Å². The second kappa shape index (κ2) is 8.12. The van der Waals surface area contributed by atoms with Crippen molar-refractivity contribution in [3.05, 3.63) is 66.1 Å². The highest BCUT2D eigenvalue weighted by atomic mass is 32.2. The molecule has 4 aromatic rings. The summed E-state index contributed by atoms with van der Waals surface area (Å²) in [7, 11) is -3.97. The minimum absolute atomic E-state index is 0.156. The molecule has 2 heterocycles. The summed E-state index contributed by atoms with van der Waals surface area (Å²) in [6.07, 6.45) is -4.03. The lowest BCUT2D eigenvalue weighted by atomic mass is 10.2. The van der Waals surface area contributed by atoms with Crippen molar-refractivity contribution >= 4 is 32.7 Å². The molecule has 12 heteroatoms. The normalized spacial score (nSPS) is 12.5. The Balaban J connectivity index is 1.90. The maximum Gasteiger partial charge on any atom is 0.421 e. The van der Waals surface area contributed by atoms with E-state index in [9.17, 15) is 21.6 Å². The first-order valence-electron chi connectivity index (χ1n) is 9.77. The van der Waals surface area contributed by atoms with Crippen molar-refractivity contribution in [3.63, 3.8) is 0 Å². The molecule has 0 atom stereocenters. The minimum Gasteiger partial charge on any atom is -0.324 e. The standard InChI is InChI=1S/C21H19F3N6O2S/c1-12(2)18-28-16-8-3-4-9-17(16)30(18)19-15(21(22,23)24)11-26-20(29-19)27-13-6-5-7-14(10-13)33(25,31)32/h3-12H,1-2H3,(H2,25,31,32)(H,26,27,29). The lowest BCUT2D eigenvalue weighted by Crippen LogP contribution is -2.17. The van der Waals surface area contributed by atoms with E-state index >= 15 is 0 Å². The molecule has 0 radical (unpaired) electrons. The van der Waals surface area contributed by atoms with E-state index in [4.69, 9.17) is 5.14 Å². The molecule has 0 aliphatic heterocycles. The molecule has 0 unspecified atom stereocenters. The van der Waals surface area contributed by atoms with Gasteiger partial charge in [-0.15, -0.1) is 0 Å². The predicted octanol–water partition coefficient (Wildman–Crippen LogP) is 4.35. The summed E-state index contributed by atoms with van der Waals surface area (Å²) in [5.41, 5.74) is 0.207. The SMILES string of the molecule is CC(C)c1nc2ccccc2n1-c1nc(Nc2cccc(S(N)(=O)=O)c2)ncc1C(F)(F)F. The molecule has 0 saturated carbocycles. The Bertz CT molecular complexity index is 1450. The van der Waals surface area contributed by atoms with Crippen LogP contribution in [0.3, 0.4) is 0 Å². The van der Waals surface area contributed by atoms with Crippen LogP contribution in [0.4, 0.5) is 24.8 Å². The first-order valence-corrected chi connectivity index (χ1v) is 11.3. The number of nitrogens with one attached hydrogen (secondary N) is 1. The summed E-state index contributed by atoms with van der Waals surface area (Å²) in [5.74, 6) is -0.337. The Morgan fingerprint density at radius 2 is 1.79 bits per heavy atom. The van der Waals surface area contributed by atoms with Crippen molar-refractivity contribution in [2.45, 2.75) is 30.8 Å². The van der Waals surface area contributed by atoms with E-state index in [2.05, 4.69) is 20.3 Å². The van der Waals surface area contributed by atoms with E-state index in [0.29, 0.717) is 23.1 Å². The Labute approximate surface area is 187 Å². The first kappa shape index (κ1) is 22.7. The lowest BCUT2D eigenvalue weighted by Gasteiger charge is -2.17. The zero-order valence-electron chi connectivity index (χ0n) is 17.5. The number of sulfonamides is 1. The molecular formula is C21H19F3N6O2S. The fourth-order valence-electron chi connectivity index (χ4n) is 3.34. The van der Waals surface area contributed by atoms with E-state index in [0.717, 1.165) is 0 Å². The fourth-order valence-corrected chi connectivity index (χ4v) is 3.90. The second-order valence-corrected chi connectivity index (χ2v) is 9.14. The molecule has 0 bridgehead atoms. The van der Waals surface area contributed by atoms with Gasteiger partial charge < -0.3 is 5.32 Å². The van der Waals surface area contributed by atoms with E-state index < -0.39 is 21.8 Å². The lowest BCUT2D eigenvalue weighted by molar-refractivity contribution is -0.137. The van der Waals surface area contributed by atoms with Crippen molar-refractivity contribution in [2.75, 3.05) is 5.32 Å². The van der Waals surface area contributed by atoms with Crippen LogP contribution in [0.1, 0.15) is 31.2 Å². The van der Waals surface area contributed by atoms with Gasteiger partial charge in [-0.05, 0) is 30.3 Å². The molecule has 2 aromatic heterocycles. The van der Waals surface area contributed by atoms with E-state index in [1.165, 1.54) is 28.8 Å². The number of primary sulfonamides is 1. The van der Waals surface area contributed by atoms with Crippen LogP contribution in [0.25, 0.3) is 16.9 Å². The highest BCUT2D eigenvalue weighted by Gasteiger charge is 2.37. The van der Waals surface area contributed by atoms with Crippen LogP contribution < -0.4 is 10.5 Å². The molecule has 172 valence electrons. The van der Waals surface area contributed by atoms with Crippen LogP contribution >= 0.6 is 0 Å². The molecule has 0 fully saturated rings. The molecule has 33 heavy (non-hydrogen) atoms. The van der Waals surface area contributed by atoms with Gasteiger partial charge in [-0.3, -0.25) is 4.57 Å². The average Bonchev–Trinajstić information content (AvgIpc) is 3.12. The molecule has 0 aliphatic carbocycles. The average molecular weight is 476 g/mol. The number of aromatic nitrogens is 4. The van der Waals surface area contributed by atoms with Crippen LogP contribution in [0.5, 0.6) is 0 Å². The number of anilines is 2. The third kappa shape index (κ3) is 4.52. The number of alkyl halides is 3. The molecule has 4 rings (SSSR count). The highest BCUT2D eigenvalue weighted by molar-refractivity contribution is 7.89. The van der Waals surface area contributed by atoms with Gasteiger partial charge in [-0.25, -0.2) is 23.5 Å². The van der Waals surface area contributed by atoms with E-state index in [1.54, 1.807) is 24.3 Å². The Hall–Kier alpha value is -3.51. The number of benzene rings is 2. The highest BCUT2D eigenvalue weighted by Crippen LogP contribution is 2.36. The van der Waals surface area contributed by atoms with Crippen LogP contribution in [0.15, 0.2) is 59.6 Å². The zero-order chi connectivity index (χ0) is 24.0. The van der Waals surface area contributed by atoms with Crippen LogP contribution in [-0.2, 0) is 16.2 Å². The van der Waals surface area contributed by atoms with Crippen molar-refractivity contribution in [1.82, 2.24) is 19.5 Å². The Morgan fingerprint density at radius 1 is 1.06 bits per heavy atom. The monoisotopic (exact) mass is 476 g/mol. The zero-order valence-corrected chi connectivity index (χ0v) is 18.3. The molecule has 0 aliphatic rings. The molecular weight excluding hydrogens is 457 g/mol. The Morgan fingerprint density at radius 3 is 2.45 bits per heavy atom. The van der Waals surface area contributed by atoms with Crippen LogP contribution in [0.2, 0.25) is 0 Å². The van der Waals surface area contributed by atoms with Gasteiger partial charge in [0.1, 0.15) is 11.4 Å². The number of fused-ring (bicyclic) bond motifs is 1. The van der Waals surface area contributed by atoms with Gasteiger partial charge in [-0.1, -0.05) is 32.0 Å². The van der Waals surface area contributed by atoms with Crippen LogP contribution in [0, 0.1) is 0 Å². The summed E-state index contributed by atoms with van der Waals surface area (Å²) in [6.45, 7) is 3.65. The summed E-state index contributed by atoms with van der Waals surface area (Å²) < 4.78 is 66.3. The van der Waals surface area contributed by atoms with Gasteiger partial charge in [0, 0.05) is 17.8 Å². The molecule has 8 nitrogen and oxygen atoms in total. The number of para-hydroxylation sites is 2. The van der Waals surface area contributed by atoms with Gasteiger partial charge in [0.2, 0.25) is 16.0 Å². The number of halogens is 3. The molecule has 0 spiro atoms. The quantitative estimate of drug-likeness (QED) is 0.443. The topological polar surface area (TPSA) is 116 Å². The summed E-state index contributed by atoms with van der Waals surface area (Å²) in [5, 5.41) is 7.90. The third-order valence-corrected chi connectivity index (χ3v) is 5.72. The first-order chi connectivity index (χ1) is 15.4. The fraction of sp³-hybridized carbons (Fsp3) is 0.190. The van der Waals surface area contributed by atoms with Crippen molar-refractivity contribution in [1.29, 1.82) is 0 Å². The van der Waals surface area contributed by atoms with Gasteiger partial charge >= 0.3 is 6.18 Å². The number of rotatable bonds is 5. The van der Waals surface area contributed by atoms with E-state index in [1.807, 2.05) is 13.8 Å². The van der Waals surface area contributed by atoms with Crippen molar-refractivity contribution in [2.24, 2.45) is 5.14 Å². The third-order valence-electron chi connectivity index (χ3n) is 4.81. The molecule has 0 saturated heterocycles. The Kier molecular flexibility index (Phi) is 5.58. The maximum absolute atomic E-state index is 13.9. The largest absolute Gasteiger partial charge is 0.421 e. The number of imidazole rings is 1.